The number of hydrogen-bond donors (Lipinski definition) is 0. The summed E-state index contributed by atoms with van der Waals surface area (Å²) in [5.74, 6) is -0.341. The van der Waals surface area contributed by atoms with Crippen molar-refractivity contribution in [2.45, 2.75) is 0 Å². The lowest BCUT2D eigenvalue weighted by Gasteiger charge is -2.19. The van der Waals surface area contributed by atoms with E-state index in [1.54, 1.807) is 27.2 Å². The smallest absolute Gasteiger partial charge is 0.390 e. The monoisotopic (exact) mass is 241 g/mol. The van der Waals surface area contributed by atoms with Crippen LogP contribution < -0.4 is 12.4 Å². The predicted molar refractivity (Wildman–Crippen MR) is 59.6 cm³/mol. The fourth-order valence-corrected chi connectivity index (χ4v) is 1.03. The average Bonchev–Trinajstić information content (AvgIpc) is 2.14. The van der Waals surface area contributed by atoms with E-state index in [9.17, 15) is 4.79 Å². The summed E-state index contributed by atoms with van der Waals surface area (Å²) in [6, 6.07) is 9.63. The molecule has 0 aliphatic rings. The van der Waals surface area contributed by atoms with Gasteiger partial charge in [0, 0.05) is 6.08 Å². The van der Waals surface area contributed by atoms with E-state index in [4.69, 9.17) is 4.84 Å². The Morgan fingerprint density at radius 3 is 2.25 bits per heavy atom. The summed E-state index contributed by atoms with van der Waals surface area (Å²) in [6.07, 6.45) is 3.16. The lowest BCUT2D eigenvalue weighted by atomic mass is 10.2. The van der Waals surface area contributed by atoms with E-state index in [1.165, 1.54) is 6.08 Å². The van der Waals surface area contributed by atoms with Crippen molar-refractivity contribution < 1.29 is 26.7 Å². The van der Waals surface area contributed by atoms with Gasteiger partial charge in [-0.3, -0.25) is 4.84 Å². The molecule has 0 saturated heterocycles. The zero-order chi connectivity index (χ0) is 11.3. The maximum absolute atomic E-state index is 11.3. The molecule has 3 nitrogen and oxygen atoms in total. The Labute approximate surface area is 102 Å². The Bertz CT molecular complexity index is 355. The largest absolute Gasteiger partial charge is 1.00 e. The number of rotatable bonds is 3. The molecule has 0 atom stereocenters. The van der Waals surface area contributed by atoms with Crippen LogP contribution in [0.25, 0.3) is 6.08 Å². The summed E-state index contributed by atoms with van der Waals surface area (Å²) in [6.45, 7) is 0. The van der Waals surface area contributed by atoms with Crippen LogP contribution in [0.1, 0.15) is 5.56 Å². The third-order valence-electron chi connectivity index (χ3n) is 1.58. The van der Waals surface area contributed by atoms with Gasteiger partial charge in [-0.05, 0) is 11.6 Å². The van der Waals surface area contributed by atoms with E-state index in [0.717, 1.165) is 5.56 Å². The summed E-state index contributed by atoms with van der Waals surface area (Å²) in [4.78, 5) is 16.4. The zero-order valence-corrected chi connectivity index (χ0v) is 10.4. The third-order valence-corrected chi connectivity index (χ3v) is 1.58. The Balaban J connectivity index is 0.00000225. The normalized spacial score (nSPS) is 10.9. The SMILES string of the molecule is C[N+](C)(C)OC(=O)C=Cc1ccccc1.[Cl-]. The number of carbonyl (C=O) groups is 1. The quantitative estimate of drug-likeness (QED) is 0.380. The van der Waals surface area contributed by atoms with Crippen molar-refractivity contribution >= 4 is 12.0 Å². The molecule has 0 aliphatic heterocycles. The lowest BCUT2D eigenvalue weighted by Crippen LogP contribution is -3.00. The van der Waals surface area contributed by atoms with Gasteiger partial charge in [0.05, 0.1) is 0 Å². The van der Waals surface area contributed by atoms with Crippen molar-refractivity contribution in [2.75, 3.05) is 21.1 Å². The van der Waals surface area contributed by atoms with E-state index in [-0.39, 0.29) is 23.0 Å². The molecule has 1 rings (SSSR count). The second-order valence-electron chi connectivity index (χ2n) is 4.04. The number of halogens is 1. The van der Waals surface area contributed by atoms with Crippen molar-refractivity contribution in [3.63, 3.8) is 0 Å². The standard InChI is InChI=1S/C12H16NO2.ClH/c1-13(2,3)15-12(14)10-9-11-7-5-4-6-8-11;/h4-10H,1-3H3;1H/q+1;/p-1. The minimum absolute atomic E-state index is 0. The molecule has 1 aromatic rings. The first-order valence-electron chi connectivity index (χ1n) is 4.75. The molecule has 0 spiro atoms. The molecule has 0 amide bonds. The van der Waals surface area contributed by atoms with Gasteiger partial charge in [-0.15, -0.1) is 4.65 Å². The van der Waals surface area contributed by atoms with Crippen LogP contribution in [0, 0.1) is 0 Å². The van der Waals surface area contributed by atoms with Gasteiger partial charge in [-0.25, -0.2) is 4.79 Å². The minimum atomic E-state index is -0.341. The summed E-state index contributed by atoms with van der Waals surface area (Å²) in [7, 11) is 5.36. The third kappa shape index (κ3) is 6.22. The van der Waals surface area contributed by atoms with Gasteiger partial charge in [-0.2, -0.15) is 0 Å². The summed E-state index contributed by atoms with van der Waals surface area (Å²) < 4.78 is 0.165. The molecular weight excluding hydrogens is 226 g/mol. The molecule has 0 N–H and O–H groups in total. The number of carbonyl (C=O) groups excluding carboxylic acids is 1. The fourth-order valence-electron chi connectivity index (χ4n) is 1.03. The molecule has 0 saturated carbocycles. The maximum atomic E-state index is 11.3. The second-order valence-corrected chi connectivity index (χ2v) is 4.04. The average molecular weight is 242 g/mol. The fraction of sp³-hybridized carbons (Fsp3) is 0.250. The van der Waals surface area contributed by atoms with Gasteiger partial charge < -0.3 is 12.4 Å². The molecule has 0 heterocycles. The van der Waals surface area contributed by atoms with Crippen molar-refractivity contribution in [2.24, 2.45) is 0 Å². The van der Waals surface area contributed by atoms with Crippen molar-refractivity contribution in [3.05, 3.63) is 42.0 Å². The Kier molecular flexibility index (Phi) is 5.78. The molecule has 88 valence electrons. The van der Waals surface area contributed by atoms with Crippen LogP contribution in [0.4, 0.5) is 0 Å². The van der Waals surface area contributed by atoms with Gasteiger partial charge in [0.25, 0.3) is 0 Å². The molecule has 4 heteroatoms. The van der Waals surface area contributed by atoms with Crippen LogP contribution in [0.15, 0.2) is 36.4 Å². The van der Waals surface area contributed by atoms with E-state index in [1.807, 2.05) is 30.3 Å². The topological polar surface area (TPSA) is 26.3 Å². The van der Waals surface area contributed by atoms with Gasteiger partial charge in [0.1, 0.15) is 21.1 Å². The maximum Gasteiger partial charge on any atom is 0.390 e. The molecule has 16 heavy (non-hydrogen) atoms. The first kappa shape index (κ1) is 14.7. The molecule has 0 bridgehead atoms. The van der Waals surface area contributed by atoms with Crippen molar-refractivity contribution in [1.29, 1.82) is 0 Å². The van der Waals surface area contributed by atoms with Crippen LogP contribution in [-0.2, 0) is 9.63 Å². The molecule has 1 aromatic carbocycles. The molecule has 0 unspecified atom stereocenters. The molecule has 0 aromatic heterocycles. The highest BCUT2D eigenvalue weighted by Gasteiger charge is 2.12. The molecule has 0 aliphatic carbocycles. The number of hydrogen-bond acceptors (Lipinski definition) is 2. The highest BCUT2D eigenvalue weighted by molar-refractivity contribution is 5.86. The van der Waals surface area contributed by atoms with Gasteiger partial charge in [0.2, 0.25) is 0 Å². The number of nitrogens with zero attached hydrogens (tertiary/aromatic N) is 1. The second kappa shape index (κ2) is 6.30. The molecule has 0 fully saturated rings. The number of hydroxylamine groups is 3. The summed E-state index contributed by atoms with van der Waals surface area (Å²) in [5, 5.41) is 0. The van der Waals surface area contributed by atoms with Gasteiger partial charge in [0.15, 0.2) is 0 Å². The van der Waals surface area contributed by atoms with E-state index in [2.05, 4.69) is 0 Å². The lowest BCUT2D eigenvalue weighted by molar-refractivity contribution is -1.04. The molecule has 0 radical (unpaired) electrons. The molecular formula is C12H16ClNO2. The van der Waals surface area contributed by atoms with Crippen LogP contribution in [0.3, 0.4) is 0 Å². The Hall–Kier alpha value is -1.32. The van der Waals surface area contributed by atoms with Gasteiger partial charge >= 0.3 is 5.97 Å². The van der Waals surface area contributed by atoms with Gasteiger partial charge in [-0.1, -0.05) is 30.3 Å². The summed E-state index contributed by atoms with van der Waals surface area (Å²) >= 11 is 0. The zero-order valence-electron chi connectivity index (χ0n) is 9.68. The van der Waals surface area contributed by atoms with Crippen molar-refractivity contribution in [1.82, 2.24) is 0 Å². The highest BCUT2D eigenvalue weighted by atomic mass is 35.5. The van der Waals surface area contributed by atoms with Crippen LogP contribution in [-0.4, -0.2) is 31.8 Å². The predicted octanol–water partition coefficient (Wildman–Crippen LogP) is -1.13. The number of benzene rings is 1. The van der Waals surface area contributed by atoms with Crippen LogP contribution >= 0.6 is 0 Å². The van der Waals surface area contributed by atoms with Crippen LogP contribution in [0.2, 0.25) is 0 Å². The van der Waals surface area contributed by atoms with E-state index >= 15 is 0 Å². The first-order chi connectivity index (χ1) is 6.97. The van der Waals surface area contributed by atoms with Crippen molar-refractivity contribution in [3.8, 4) is 0 Å². The number of quaternary nitrogens is 1. The van der Waals surface area contributed by atoms with E-state index < -0.39 is 0 Å². The van der Waals surface area contributed by atoms with Crippen LogP contribution in [0.5, 0.6) is 0 Å². The van der Waals surface area contributed by atoms with E-state index in [0.29, 0.717) is 0 Å². The Morgan fingerprint density at radius 2 is 1.75 bits per heavy atom. The summed E-state index contributed by atoms with van der Waals surface area (Å²) in [5.41, 5.74) is 0.982. The first-order valence-corrected chi connectivity index (χ1v) is 4.75. The Morgan fingerprint density at radius 1 is 1.19 bits per heavy atom. The minimum Gasteiger partial charge on any atom is -1.00 e. The highest BCUT2D eigenvalue weighted by Crippen LogP contribution is 2.02.